The Morgan fingerprint density at radius 3 is 1.68 bits per heavy atom. The number of nitriles is 2. The van der Waals surface area contributed by atoms with Gasteiger partial charge >= 0.3 is 0 Å². The number of nitrogens with zero attached hydrogens (tertiary/aromatic N) is 2. The quantitative estimate of drug-likeness (QED) is 0.446. The minimum Gasteiger partial charge on any atom is -0.457 e. The minimum atomic E-state index is 0.00203. The number of hydrogen-bond acceptors (Lipinski definition) is 5. The summed E-state index contributed by atoms with van der Waals surface area (Å²) in [5.74, 6) is 2.78. The minimum absolute atomic E-state index is 0.00203. The van der Waals surface area contributed by atoms with E-state index in [0.717, 1.165) is 25.7 Å². The Kier molecular flexibility index (Phi) is 7.10. The van der Waals surface area contributed by atoms with E-state index in [2.05, 4.69) is 24.4 Å². The molecular weight excluding hydrogens is 426 g/mol. The van der Waals surface area contributed by atoms with Crippen LogP contribution >= 0.6 is 0 Å². The number of ether oxygens (including phenoxy) is 2. The van der Waals surface area contributed by atoms with Gasteiger partial charge in [-0.3, -0.25) is 4.79 Å². The molecule has 6 heteroatoms. The molecule has 0 radical (unpaired) electrons. The van der Waals surface area contributed by atoms with Crippen molar-refractivity contribution in [2.45, 2.75) is 32.6 Å². The lowest BCUT2D eigenvalue weighted by Gasteiger charge is -2.25. The molecule has 0 heterocycles. The molecule has 34 heavy (non-hydrogen) atoms. The van der Waals surface area contributed by atoms with E-state index in [1.165, 1.54) is 0 Å². The second-order valence-electron chi connectivity index (χ2n) is 8.62. The molecule has 6 nitrogen and oxygen atoms in total. The van der Waals surface area contributed by atoms with E-state index in [1.54, 1.807) is 66.7 Å². The van der Waals surface area contributed by atoms with Gasteiger partial charge in [0.2, 0.25) is 5.91 Å². The fourth-order valence-corrected chi connectivity index (χ4v) is 4.00. The third kappa shape index (κ3) is 5.94. The summed E-state index contributed by atoms with van der Waals surface area (Å²) in [5.41, 5.74) is 1.67. The van der Waals surface area contributed by atoms with Crippen LogP contribution in [0.25, 0.3) is 0 Å². The van der Waals surface area contributed by atoms with E-state index >= 15 is 0 Å². The lowest BCUT2D eigenvalue weighted by atomic mass is 9.82. The van der Waals surface area contributed by atoms with Crippen molar-refractivity contribution in [3.8, 4) is 35.1 Å². The number of nitrogens with one attached hydrogen (secondary N) is 1. The van der Waals surface area contributed by atoms with Crippen molar-refractivity contribution in [3.05, 3.63) is 77.9 Å². The summed E-state index contributed by atoms with van der Waals surface area (Å²) in [5, 5.41) is 21.0. The van der Waals surface area contributed by atoms with E-state index in [-0.39, 0.29) is 11.8 Å². The van der Waals surface area contributed by atoms with Gasteiger partial charge in [-0.25, -0.2) is 0 Å². The number of carbonyl (C=O) groups excluding carboxylic acids is 1. The third-order valence-corrected chi connectivity index (χ3v) is 5.97. The molecular formula is C28H25N3O3. The lowest BCUT2D eigenvalue weighted by Crippen LogP contribution is -2.26. The molecule has 0 bridgehead atoms. The number of rotatable bonds is 6. The van der Waals surface area contributed by atoms with Crippen molar-refractivity contribution < 1.29 is 14.3 Å². The highest BCUT2D eigenvalue weighted by molar-refractivity contribution is 5.93. The van der Waals surface area contributed by atoms with Crippen LogP contribution < -0.4 is 14.8 Å². The van der Waals surface area contributed by atoms with E-state index in [4.69, 9.17) is 20.0 Å². The van der Waals surface area contributed by atoms with Crippen LogP contribution in [0.5, 0.6) is 23.0 Å². The Hall–Kier alpha value is -4.29. The zero-order valence-electron chi connectivity index (χ0n) is 19.0. The summed E-state index contributed by atoms with van der Waals surface area (Å²) in [7, 11) is 0. The van der Waals surface area contributed by atoms with Crippen molar-refractivity contribution in [1.82, 2.24) is 0 Å². The maximum Gasteiger partial charge on any atom is 0.227 e. The first-order valence-electron chi connectivity index (χ1n) is 11.3. The number of hydrogen-bond donors (Lipinski definition) is 1. The van der Waals surface area contributed by atoms with Gasteiger partial charge in [-0.2, -0.15) is 10.5 Å². The van der Waals surface area contributed by atoms with Crippen LogP contribution in [0, 0.1) is 34.5 Å². The highest BCUT2D eigenvalue weighted by Crippen LogP contribution is 2.34. The summed E-state index contributed by atoms with van der Waals surface area (Å²) in [6, 6.07) is 23.0. The Balaban J connectivity index is 1.57. The molecule has 1 N–H and O–H groups in total. The Bertz CT molecular complexity index is 1150. The van der Waals surface area contributed by atoms with Gasteiger partial charge in [-0.05, 0) is 80.1 Å². The second-order valence-corrected chi connectivity index (χ2v) is 8.62. The standard InChI is InChI=1S/C28H25N3O3/c1-19-2-8-22(9-3-19)28(32)31-23-14-26(33-24-10-4-20(17-29)5-11-24)16-27(15-23)34-25-12-6-21(18-30)7-13-25/h4-7,10-16,19,22H,2-3,8-9H2,1H3,(H,31,32). The highest BCUT2D eigenvalue weighted by atomic mass is 16.5. The third-order valence-electron chi connectivity index (χ3n) is 5.97. The van der Waals surface area contributed by atoms with Gasteiger partial charge in [-0.1, -0.05) is 6.92 Å². The predicted octanol–water partition coefficient (Wildman–Crippen LogP) is 6.78. The van der Waals surface area contributed by atoms with Gasteiger partial charge in [0.25, 0.3) is 0 Å². The molecule has 0 spiro atoms. The van der Waals surface area contributed by atoms with Gasteiger partial charge in [-0.15, -0.1) is 0 Å². The Morgan fingerprint density at radius 2 is 1.24 bits per heavy atom. The topological polar surface area (TPSA) is 95.1 Å². The number of amides is 1. The second kappa shape index (κ2) is 10.6. The van der Waals surface area contributed by atoms with Crippen LogP contribution in [0.15, 0.2) is 66.7 Å². The van der Waals surface area contributed by atoms with Gasteiger partial charge in [0.15, 0.2) is 0 Å². The van der Waals surface area contributed by atoms with E-state index in [1.807, 2.05) is 0 Å². The van der Waals surface area contributed by atoms with Gasteiger partial charge < -0.3 is 14.8 Å². The smallest absolute Gasteiger partial charge is 0.227 e. The number of anilines is 1. The van der Waals surface area contributed by atoms with Gasteiger partial charge in [0.1, 0.15) is 23.0 Å². The number of carbonyl (C=O) groups is 1. The highest BCUT2D eigenvalue weighted by Gasteiger charge is 2.24. The van der Waals surface area contributed by atoms with Crippen LogP contribution in [0.1, 0.15) is 43.7 Å². The van der Waals surface area contributed by atoms with Crippen LogP contribution in [0.2, 0.25) is 0 Å². The first kappa shape index (κ1) is 22.9. The Labute approximate surface area is 199 Å². The van der Waals surface area contributed by atoms with Crippen molar-refractivity contribution in [1.29, 1.82) is 10.5 Å². The largest absolute Gasteiger partial charge is 0.457 e. The molecule has 3 aromatic carbocycles. The molecule has 1 aliphatic carbocycles. The maximum atomic E-state index is 12.9. The molecule has 4 rings (SSSR count). The monoisotopic (exact) mass is 451 g/mol. The normalized spacial score (nSPS) is 17.1. The molecule has 1 fully saturated rings. The molecule has 0 saturated heterocycles. The zero-order chi connectivity index (χ0) is 23.9. The molecule has 0 unspecified atom stereocenters. The summed E-state index contributed by atoms with van der Waals surface area (Å²) < 4.78 is 12.0. The summed E-state index contributed by atoms with van der Waals surface area (Å²) in [4.78, 5) is 12.9. The van der Waals surface area contributed by atoms with Crippen molar-refractivity contribution in [2.75, 3.05) is 5.32 Å². The van der Waals surface area contributed by atoms with Crippen molar-refractivity contribution in [3.63, 3.8) is 0 Å². The average Bonchev–Trinajstić information content (AvgIpc) is 2.85. The van der Waals surface area contributed by atoms with Crippen molar-refractivity contribution in [2.24, 2.45) is 11.8 Å². The molecule has 170 valence electrons. The molecule has 1 saturated carbocycles. The fraction of sp³-hybridized carbons (Fsp3) is 0.250. The molecule has 3 aromatic rings. The first-order valence-corrected chi connectivity index (χ1v) is 11.3. The van der Waals surface area contributed by atoms with E-state index in [9.17, 15) is 4.79 Å². The van der Waals surface area contributed by atoms with Crippen LogP contribution in [-0.4, -0.2) is 5.91 Å². The molecule has 1 amide bonds. The number of benzene rings is 3. The maximum absolute atomic E-state index is 12.9. The summed E-state index contributed by atoms with van der Waals surface area (Å²) in [6.07, 6.45) is 3.91. The summed E-state index contributed by atoms with van der Waals surface area (Å²) in [6.45, 7) is 2.23. The first-order chi connectivity index (χ1) is 16.5. The van der Waals surface area contributed by atoms with Crippen molar-refractivity contribution >= 4 is 11.6 Å². The van der Waals surface area contributed by atoms with Crippen LogP contribution in [0.3, 0.4) is 0 Å². The van der Waals surface area contributed by atoms with Gasteiger partial charge in [0, 0.05) is 29.8 Å². The predicted molar refractivity (Wildman–Crippen MR) is 129 cm³/mol. The van der Waals surface area contributed by atoms with E-state index in [0.29, 0.717) is 45.7 Å². The molecule has 0 aliphatic heterocycles. The van der Waals surface area contributed by atoms with Crippen LogP contribution in [0.4, 0.5) is 5.69 Å². The average molecular weight is 452 g/mol. The molecule has 1 aliphatic rings. The van der Waals surface area contributed by atoms with Crippen LogP contribution in [-0.2, 0) is 4.79 Å². The lowest BCUT2D eigenvalue weighted by molar-refractivity contribution is -0.121. The molecule has 0 aromatic heterocycles. The summed E-state index contributed by atoms with van der Waals surface area (Å²) >= 11 is 0. The van der Waals surface area contributed by atoms with E-state index < -0.39 is 0 Å². The van der Waals surface area contributed by atoms with Gasteiger partial charge in [0.05, 0.1) is 23.3 Å². The Morgan fingerprint density at radius 1 is 0.765 bits per heavy atom. The SMILES string of the molecule is CC1CCC(C(=O)Nc2cc(Oc3ccc(C#N)cc3)cc(Oc3ccc(C#N)cc3)c2)CC1. The fourth-order valence-electron chi connectivity index (χ4n) is 4.00. The molecule has 0 atom stereocenters. The zero-order valence-corrected chi connectivity index (χ0v) is 19.0.